The number of aromatic amines is 1. The van der Waals surface area contributed by atoms with Gasteiger partial charge in [0.15, 0.2) is 0 Å². The van der Waals surface area contributed by atoms with Gasteiger partial charge in [-0.2, -0.15) is 5.10 Å². The summed E-state index contributed by atoms with van der Waals surface area (Å²) in [4.78, 5) is 26.2. The summed E-state index contributed by atoms with van der Waals surface area (Å²) in [5.74, 6) is -0.898. The zero-order chi connectivity index (χ0) is 25.4. The molecular weight excluding hydrogens is 456 g/mol. The number of hydrogen-bond acceptors (Lipinski definition) is 5. The number of aromatic nitrogens is 2. The highest BCUT2D eigenvalue weighted by molar-refractivity contribution is 6.16. The van der Waals surface area contributed by atoms with Crippen molar-refractivity contribution in [2.75, 3.05) is 10.6 Å². The predicted octanol–water partition coefficient (Wildman–Crippen LogP) is 5.96. The van der Waals surface area contributed by atoms with Gasteiger partial charge in [0.2, 0.25) is 5.76 Å². The lowest BCUT2D eigenvalue weighted by molar-refractivity contribution is 0.0999. The van der Waals surface area contributed by atoms with Crippen LogP contribution in [-0.4, -0.2) is 27.1 Å². The molecule has 2 heterocycles. The number of hydrogen-bond donors (Lipinski definition) is 4. The smallest absolute Gasteiger partial charge is 0.293 e. The second-order valence-electron chi connectivity index (χ2n) is 8.65. The average Bonchev–Trinajstić information content (AvgIpc) is 3.50. The van der Waals surface area contributed by atoms with Crippen LogP contribution >= 0.6 is 0 Å². The molecule has 2 aromatic heterocycles. The summed E-state index contributed by atoms with van der Waals surface area (Å²) >= 11 is 0. The highest BCUT2D eigenvalue weighted by Gasteiger charge is 2.24. The molecule has 0 aliphatic heterocycles. The number of furan rings is 1. The summed E-state index contributed by atoms with van der Waals surface area (Å²) in [6, 6.07) is 19.6. The SMILES string of the molecule is Cc1ccc(NC(=O)c2oc3ccccc3c2NC(=O)c2cc(-c3ccc(C)c(C)c3O)n[nH]2)cc1. The molecule has 0 bridgehead atoms. The third-order valence-electron chi connectivity index (χ3n) is 6.15. The Balaban J connectivity index is 1.45. The lowest BCUT2D eigenvalue weighted by atomic mass is 10.0. The second kappa shape index (κ2) is 9.07. The Labute approximate surface area is 207 Å². The number of benzene rings is 3. The van der Waals surface area contributed by atoms with Crippen LogP contribution in [0.2, 0.25) is 0 Å². The van der Waals surface area contributed by atoms with E-state index in [1.54, 1.807) is 48.5 Å². The monoisotopic (exact) mass is 480 g/mol. The maximum Gasteiger partial charge on any atom is 0.293 e. The van der Waals surface area contributed by atoms with Crippen LogP contribution in [0.3, 0.4) is 0 Å². The van der Waals surface area contributed by atoms with Crippen molar-refractivity contribution >= 4 is 34.2 Å². The fourth-order valence-electron chi connectivity index (χ4n) is 3.92. The zero-order valence-corrected chi connectivity index (χ0v) is 20.0. The molecular formula is C28H24N4O4. The zero-order valence-electron chi connectivity index (χ0n) is 20.0. The number of carbonyl (C=O) groups is 2. The maximum absolute atomic E-state index is 13.2. The van der Waals surface area contributed by atoms with E-state index in [9.17, 15) is 14.7 Å². The molecule has 5 aromatic rings. The fraction of sp³-hybridized carbons (Fsp3) is 0.107. The minimum atomic E-state index is -0.506. The van der Waals surface area contributed by atoms with Gasteiger partial charge in [-0.3, -0.25) is 14.7 Å². The van der Waals surface area contributed by atoms with Crippen molar-refractivity contribution in [1.82, 2.24) is 10.2 Å². The number of phenolic OH excluding ortho intramolecular Hbond substituents is 1. The number of H-pyrrole nitrogens is 1. The quantitative estimate of drug-likeness (QED) is 0.247. The van der Waals surface area contributed by atoms with Crippen molar-refractivity contribution < 1.29 is 19.1 Å². The number of phenols is 1. The normalized spacial score (nSPS) is 11.0. The average molecular weight is 481 g/mol. The summed E-state index contributed by atoms with van der Waals surface area (Å²) in [5, 5.41) is 23.6. The first-order valence-electron chi connectivity index (χ1n) is 11.4. The number of rotatable bonds is 5. The molecule has 0 radical (unpaired) electrons. The van der Waals surface area contributed by atoms with E-state index in [1.807, 2.05) is 39.0 Å². The number of anilines is 2. The predicted molar refractivity (Wildman–Crippen MR) is 138 cm³/mol. The number of carbonyl (C=O) groups excluding carboxylic acids is 2. The molecule has 5 rings (SSSR count). The lowest BCUT2D eigenvalue weighted by Gasteiger charge is -2.07. The van der Waals surface area contributed by atoms with Gasteiger partial charge in [-0.25, -0.2) is 0 Å². The van der Waals surface area contributed by atoms with Crippen molar-refractivity contribution in [2.45, 2.75) is 20.8 Å². The Morgan fingerprint density at radius 1 is 0.917 bits per heavy atom. The van der Waals surface area contributed by atoms with Gasteiger partial charge < -0.3 is 20.2 Å². The molecule has 0 aliphatic rings. The van der Waals surface area contributed by atoms with Crippen molar-refractivity contribution in [3.8, 4) is 17.0 Å². The van der Waals surface area contributed by atoms with Crippen molar-refractivity contribution in [2.24, 2.45) is 0 Å². The van der Waals surface area contributed by atoms with Crippen LogP contribution in [0.25, 0.3) is 22.2 Å². The van der Waals surface area contributed by atoms with Crippen LogP contribution in [0, 0.1) is 20.8 Å². The summed E-state index contributed by atoms with van der Waals surface area (Å²) in [5.41, 5.74) is 5.20. The largest absolute Gasteiger partial charge is 0.507 e. The summed E-state index contributed by atoms with van der Waals surface area (Å²) in [6.07, 6.45) is 0. The Morgan fingerprint density at radius 2 is 1.67 bits per heavy atom. The van der Waals surface area contributed by atoms with Crippen LogP contribution in [0.5, 0.6) is 5.75 Å². The van der Waals surface area contributed by atoms with Crippen molar-refractivity contribution in [1.29, 1.82) is 0 Å². The van der Waals surface area contributed by atoms with E-state index in [1.165, 1.54) is 0 Å². The van der Waals surface area contributed by atoms with Crippen LogP contribution in [0.4, 0.5) is 11.4 Å². The first-order chi connectivity index (χ1) is 17.3. The molecule has 3 aromatic carbocycles. The molecule has 0 fully saturated rings. The Morgan fingerprint density at radius 3 is 2.44 bits per heavy atom. The highest BCUT2D eigenvalue weighted by atomic mass is 16.3. The molecule has 0 atom stereocenters. The molecule has 0 saturated heterocycles. The summed E-state index contributed by atoms with van der Waals surface area (Å²) < 4.78 is 5.82. The van der Waals surface area contributed by atoms with Crippen molar-refractivity contribution in [3.05, 3.63) is 94.9 Å². The van der Waals surface area contributed by atoms with Gasteiger partial charge in [-0.1, -0.05) is 35.9 Å². The fourth-order valence-corrected chi connectivity index (χ4v) is 3.92. The Hall–Kier alpha value is -4.85. The van der Waals surface area contributed by atoms with Gasteiger partial charge in [0.25, 0.3) is 11.8 Å². The molecule has 8 heteroatoms. The molecule has 2 amide bonds. The van der Waals surface area contributed by atoms with Gasteiger partial charge in [0, 0.05) is 16.6 Å². The van der Waals surface area contributed by atoms with Crippen LogP contribution in [0.15, 0.2) is 71.1 Å². The maximum atomic E-state index is 13.2. The topological polar surface area (TPSA) is 120 Å². The van der Waals surface area contributed by atoms with Gasteiger partial charge in [-0.15, -0.1) is 0 Å². The number of nitrogens with one attached hydrogen (secondary N) is 3. The molecule has 36 heavy (non-hydrogen) atoms. The van der Waals surface area contributed by atoms with E-state index in [0.717, 1.165) is 16.7 Å². The number of aryl methyl sites for hydroxylation is 2. The van der Waals surface area contributed by atoms with Crippen LogP contribution in [0.1, 0.15) is 37.7 Å². The van der Waals surface area contributed by atoms with E-state index < -0.39 is 11.8 Å². The minimum Gasteiger partial charge on any atom is -0.507 e. The first kappa shape index (κ1) is 22.9. The third kappa shape index (κ3) is 4.20. The van der Waals surface area contributed by atoms with E-state index >= 15 is 0 Å². The standard InChI is InChI=1S/C28H24N4O4/c1-15-8-11-18(12-9-15)29-28(35)26-24(20-6-4-5-7-23(20)36-26)30-27(34)22-14-21(31-32-22)19-13-10-16(2)17(3)25(19)33/h4-14,33H,1-3H3,(H,29,35)(H,30,34)(H,31,32). The minimum absolute atomic E-state index is 0.0170. The molecule has 0 saturated carbocycles. The van der Waals surface area contributed by atoms with Gasteiger partial charge in [0.1, 0.15) is 22.7 Å². The Kier molecular flexibility index (Phi) is 5.77. The van der Waals surface area contributed by atoms with Gasteiger partial charge in [0.05, 0.1) is 5.69 Å². The van der Waals surface area contributed by atoms with E-state index in [4.69, 9.17) is 4.42 Å². The van der Waals surface area contributed by atoms with Crippen LogP contribution in [-0.2, 0) is 0 Å². The van der Waals surface area contributed by atoms with Gasteiger partial charge in [-0.05, 0) is 68.3 Å². The highest BCUT2D eigenvalue weighted by Crippen LogP contribution is 2.34. The molecule has 180 valence electrons. The number of fused-ring (bicyclic) bond motifs is 1. The van der Waals surface area contributed by atoms with E-state index in [-0.39, 0.29) is 22.9 Å². The molecule has 8 nitrogen and oxygen atoms in total. The second-order valence-corrected chi connectivity index (χ2v) is 8.65. The first-order valence-corrected chi connectivity index (χ1v) is 11.4. The molecule has 0 aliphatic carbocycles. The van der Waals surface area contributed by atoms with Gasteiger partial charge >= 0.3 is 0 Å². The van der Waals surface area contributed by atoms with Crippen molar-refractivity contribution in [3.63, 3.8) is 0 Å². The Bertz CT molecular complexity index is 1610. The third-order valence-corrected chi connectivity index (χ3v) is 6.15. The summed E-state index contributed by atoms with van der Waals surface area (Å²) in [7, 11) is 0. The number of nitrogens with zero attached hydrogens (tertiary/aromatic N) is 1. The number of amides is 2. The number of para-hydroxylation sites is 1. The van der Waals surface area contributed by atoms with Crippen LogP contribution < -0.4 is 10.6 Å². The number of aromatic hydroxyl groups is 1. The molecule has 0 spiro atoms. The van der Waals surface area contributed by atoms with E-state index in [0.29, 0.717) is 27.9 Å². The summed E-state index contributed by atoms with van der Waals surface area (Å²) in [6.45, 7) is 5.69. The molecule has 0 unspecified atom stereocenters. The van der Waals surface area contributed by atoms with E-state index in [2.05, 4.69) is 20.8 Å². The lowest BCUT2D eigenvalue weighted by Crippen LogP contribution is -2.17. The molecule has 4 N–H and O–H groups in total.